The molecule has 0 saturated carbocycles. The molecule has 2 rings (SSSR count). The van der Waals surface area contributed by atoms with Gasteiger partial charge in [0.15, 0.2) is 5.78 Å². The van der Waals surface area contributed by atoms with Gasteiger partial charge in [-0.1, -0.05) is 46.3 Å². The minimum Gasteiger partial charge on any atom is -0.292 e. The summed E-state index contributed by atoms with van der Waals surface area (Å²) in [4.78, 5) is 22.1. The Labute approximate surface area is 135 Å². The van der Waals surface area contributed by atoms with Gasteiger partial charge in [0.2, 0.25) is 0 Å². The highest BCUT2D eigenvalue weighted by atomic mass is 79.9. The van der Waals surface area contributed by atoms with E-state index >= 15 is 0 Å². The first-order valence-corrected chi connectivity index (χ1v) is 7.47. The summed E-state index contributed by atoms with van der Waals surface area (Å²) in [6.45, 7) is 0. The van der Waals surface area contributed by atoms with Crippen molar-refractivity contribution in [1.82, 2.24) is 0 Å². The van der Waals surface area contributed by atoms with Gasteiger partial charge >= 0.3 is 0 Å². The van der Waals surface area contributed by atoms with Gasteiger partial charge in [0, 0.05) is 17.7 Å². The fraction of sp³-hybridized carbons (Fsp3) is 0.133. The Bertz CT molecular complexity index is 646. The van der Waals surface area contributed by atoms with Crippen molar-refractivity contribution < 1.29 is 9.72 Å². The maximum Gasteiger partial charge on any atom is 0.269 e. The SMILES string of the molecule is O=C(c1ccc([N+](=O)[O-])cc1)[C@H](Cl)[C@H](Br)c1ccccc1. The predicted molar refractivity (Wildman–Crippen MR) is 85.2 cm³/mol. The van der Waals surface area contributed by atoms with Crippen molar-refractivity contribution in [3.8, 4) is 0 Å². The van der Waals surface area contributed by atoms with E-state index in [1.807, 2.05) is 30.3 Å². The number of non-ortho nitro benzene ring substituents is 1. The lowest BCUT2D eigenvalue weighted by Crippen LogP contribution is -2.19. The molecule has 0 unspecified atom stereocenters. The van der Waals surface area contributed by atoms with E-state index in [0.717, 1.165) is 5.56 Å². The molecule has 2 aromatic rings. The fourth-order valence-electron chi connectivity index (χ4n) is 1.85. The third-order valence-electron chi connectivity index (χ3n) is 2.99. The maximum atomic E-state index is 12.3. The number of alkyl halides is 2. The van der Waals surface area contributed by atoms with Crippen molar-refractivity contribution in [2.45, 2.75) is 10.2 Å². The second-order valence-electron chi connectivity index (χ2n) is 4.38. The highest BCUT2D eigenvalue weighted by Gasteiger charge is 2.26. The molecule has 0 bridgehead atoms. The molecule has 0 aromatic heterocycles. The topological polar surface area (TPSA) is 60.2 Å². The molecule has 0 amide bonds. The lowest BCUT2D eigenvalue weighted by atomic mass is 10.0. The number of hydrogen-bond acceptors (Lipinski definition) is 3. The van der Waals surface area contributed by atoms with Crippen LogP contribution in [0.3, 0.4) is 0 Å². The van der Waals surface area contributed by atoms with E-state index in [1.165, 1.54) is 24.3 Å². The molecular weight excluding hydrogens is 358 g/mol. The molecule has 0 aliphatic rings. The number of benzene rings is 2. The first-order chi connectivity index (χ1) is 10.0. The van der Waals surface area contributed by atoms with Crippen LogP contribution in [-0.2, 0) is 0 Å². The van der Waals surface area contributed by atoms with Gasteiger partial charge < -0.3 is 0 Å². The van der Waals surface area contributed by atoms with E-state index in [2.05, 4.69) is 15.9 Å². The Hall–Kier alpha value is -1.72. The molecular formula is C15H11BrClNO3. The highest BCUT2D eigenvalue weighted by Crippen LogP contribution is 2.32. The number of ketones is 1. The molecule has 0 saturated heterocycles. The average Bonchev–Trinajstić information content (AvgIpc) is 2.53. The van der Waals surface area contributed by atoms with Crippen molar-refractivity contribution in [2.75, 3.05) is 0 Å². The van der Waals surface area contributed by atoms with E-state index in [0.29, 0.717) is 5.56 Å². The smallest absolute Gasteiger partial charge is 0.269 e. The monoisotopic (exact) mass is 367 g/mol. The van der Waals surface area contributed by atoms with Crippen LogP contribution < -0.4 is 0 Å². The molecule has 2 aromatic carbocycles. The summed E-state index contributed by atoms with van der Waals surface area (Å²) in [5.41, 5.74) is 1.19. The Kier molecular flexibility index (Phi) is 5.09. The first-order valence-electron chi connectivity index (χ1n) is 6.12. The van der Waals surface area contributed by atoms with Gasteiger partial charge in [-0.2, -0.15) is 0 Å². The predicted octanol–water partition coefficient (Wildman–Crippen LogP) is 4.52. The maximum absolute atomic E-state index is 12.3. The third kappa shape index (κ3) is 3.68. The van der Waals surface area contributed by atoms with Crippen molar-refractivity contribution in [1.29, 1.82) is 0 Å². The van der Waals surface area contributed by atoms with Gasteiger partial charge in [-0.3, -0.25) is 14.9 Å². The minimum atomic E-state index is -0.797. The van der Waals surface area contributed by atoms with Crippen molar-refractivity contribution >= 4 is 39.0 Å². The van der Waals surface area contributed by atoms with Crippen LogP contribution in [-0.4, -0.2) is 16.1 Å². The van der Waals surface area contributed by atoms with Crippen LogP contribution in [0.4, 0.5) is 5.69 Å². The first kappa shape index (κ1) is 15.7. The van der Waals surface area contributed by atoms with E-state index in [4.69, 9.17) is 11.6 Å². The number of nitrogens with zero attached hydrogens (tertiary/aromatic N) is 1. The molecule has 0 spiro atoms. The molecule has 108 valence electrons. The average molecular weight is 369 g/mol. The second-order valence-corrected chi connectivity index (χ2v) is 5.84. The van der Waals surface area contributed by atoms with E-state index in [9.17, 15) is 14.9 Å². The van der Waals surface area contributed by atoms with E-state index in [1.54, 1.807) is 0 Å². The fourth-order valence-corrected chi connectivity index (χ4v) is 2.66. The standard InChI is InChI=1S/C15H11BrClNO3/c16-13(10-4-2-1-3-5-10)14(17)15(19)11-6-8-12(9-7-11)18(20)21/h1-9,13-14H/t13-,14-/m1/s1. The van der Waals surface area contributed by atoms with Crippen molar-refractivity contribution in [3.05, 3.63) is 75.8 Å². The number of hydrogen-bond donors (Lipinski definition) is 0. The van der Waals surface area contributed by atoms with Crippen LogP contribution in [0.25, 0.3) is 0 Å². The molecule has 0 fully saturated rings. The summed E-state index contributed by atoms with van der Waals surface area (Å²) in [5, 5.41) is 9.80. The van der Waals surface area contributed by atoms with Gasteiger partial charge in [0.05, 0.1) is 9.75 Å². The molecule has 0 radical (unpaired) electrons. The van der Waals surface area contributed by atoms with E-state index in [-0.39, 0.29) is 16.3 Å². The summed E-state index contributed by atoms with van der Waals surface area (Å²) in [7, 11) is 0. The molecule has 21 heavy (non-hydrogen) atoms. The number of halogens is 2. The van der Waals surface area contributed by atoms with Gasteiger partial charge in [-0.05, 0) is 17.7 Å². The number of carbonyl (C=O) groups excluding carboxylic acids is 1. The summed E-state index contributed by atoms with van der Waals surface area (Å²) < 4.78 is 0. The Morgan fingerprint density at radius 3 is 2.19 bits per heavy atom. The Morgan fingerprint density at radius 1 is 1.10 bits per heavy atom. The highest BCUT2D eigenvalue weighted by molar-refractivity contribution is 9.09. The lowest BCUT2D eigenvalue weighted by molar-refractivity contribution is -0.384. The quantitative estimate of drug-likeness (QED) is 0.337. The molecule has 0 N–H and O–H groups in total. The molecule has 4 nitrogen and oxygen atoms in total. The van der Waals surface area contributed by atoms with Gasteiger partial charge in [-0.25, -0.2) is 0 Å². The number of nitro groups is 1. The molecule has 6 heteroatoms. The Balaban J connectivity index is 2.17. The van der Waals surface area contributed by atoms with Crippen LogP contribution in [0.5, 0.6) is 0 Å². The van der Waals surface area contributed by atoms with Crippen LogP contribution in [0.15, 0.2) is 54.6 Å². The number of Topliss-reactive ketones (excluding diaryl/α,β-unsaturated/α-hetero) is 1. The van der Waals surface area contributed by atoms with Crippen molar-refractivity contribution in [2.24, 2.45) is 0 Å². The molecule has 0 heterocycles. The largest absolute Gasteiger partial charge is 0.292 e. The zero-order valence-corrected chi connectivity index (χ0v) is 13.1. The summed E-state index contributed by atoms with van der Waals surface area (Å²) in [6, 6.07) is 14.8. The summed E-state index contributed by atoms with van der Waals surface area (Å²) >= 11 is 9.65. The molecule has 2 atom stereocenters. The van der Waals surface area contributed by atoms with Crippen LogP contribution >= 0.6 is 27.5 Å². The second kappa shape index (κ2) is 6.83. The number of nitro benzene ring substituents is 1. The zero-order chi connectivity index (χ0) is 15.4. The molecule has 0 aliphatic heterocycles. The molecule has 0 aliphatic carbocycles. The summed E-state index contributed by atoms with van der Waals surface area (Å²) in [5.74, 6) is -0.280. The normalized spacial score (nSPS) is 13.4. The number of rotatable bonds is 5. The van der Waals surface area contributed by atoms with Gasteiger partial charge in [0.25, 0.3) is 5.69 Å². The van der Waals surface area contributed by atoms with Crippen LogP contribution in [0.1, 0.15) is 20.7 Å². The van der Waals surface area contributed by atoms with Crippen LogP contribution in [0, 0.1) is 10.1 Å². The lowest BCUT2D eigenvalue weighted by Gasteiger charge is -2.15. The Morgan fingerprint density at radius 2 is 1.67 bits per heavy atom. The van der Waals surface area contributed by atoms with Crippen molar-refractivity contribution in [3.63, 3.8) is 0 Å². The number of carbonyl (C=O) groups is 1. The third-order valence-corrected chi connectivity index (χ3v) is 4.80. The van der Waals surface area contributed by atoms with Crippen LogP contribution in [0.2, 0.25) is 0 Å². The van der Waals surface area contributed by atoms with E-state index < -0.39 is 10.3 Å². The summed E-state index contributed by atoms with van der Waals surface area (Å²) in [6.07, 6.45) is 0. The zero-order valence-electron chi connectivity index (χ0n) is 10.8. The van der Waals surface area contributed by atoms with Gasteiger partial charge in [-0.15, -0.1) is 11.6 Å². The minimum absolute atomic E-state index is 0.0591. The van der Waals surface area contributed by atoms with Gasteiger partial charge in [0.1, 0.15) is 5.38 Å².